The third kappa shape index (κ3) is 5.62. The minimum absolute atomic E-state index is 0.119. The molecule has 0 saturated heterocycles. The molecule has 4 fully saturated rings. The lowest BCUT2D eigenvalue weighted by Gasteiger charge is -2.61. The minimum Gasteiger partial charge on any atom is -0.310 e. The fourth-order valence-corrected chi connectivity index (χ4v) is 16.0. The van der Waals surface area contributed by atoms with Gasteiger partial charge in [-0.1, -0.05) is 166 Å². The highest BCUT2D eigenvalue weighted by atomic mass is 15.1. The molecule has 4 saturated carbocycles. The largest absolute Gasteiger partial charge is 0.310 e. The third-order valence-corrected chi connectivity index (χ3v) is 18.7. The molecular weight excluding hydrogens is 845 g/mol. The predicted molar refractivity (Wildman–Crippen MR) is 292 cm³/mol. The van der Waals surface area contributed by atoms with Crippen LogP contribution in [0.25, 0.3) is 55.3 Å². The minimum atomic E-state index is -0.119. The lowest BCUT2D eigenvalue weighted by atomic mass is 9.43. The maximum absolute atomic E-state index is 2.71. The van der Waals surface area contributed by atoms with Gasteiger partial charge >= 0.3 is 0 Å². The Kier molecular flexibility index (Phi) is 8.68. The maximum atomic E-state index is 2.71. The second kappa shape index (κ2) is 14.9. The Balaban J connectivity index is 0.894. The Hall–Kier alpha value is -7.16. The first-order chi connectivity index (χ1) is 34.3. The van der Waals surface area contributed by atoms with Crippen molar-refractivity contribution in [2.75, 3.05) is 4.90 Å². The van der Waals surface area contributed by atoms with Crippen LogP contribution in [0.15, 0.2) is 206 Å². The van der Waals surface area contributed by atoms with Gasteiger partial charge in [0.1, 0.15) is 0 Å². The van der Waals surface area contributed by atoms with Crippen LogP contribution >= 0.6 is 0 Å². The zero-order valence-electron chi connectivity index (χ0n) is 40.4. The topological polar surface area (TPSA) is 8.17 Å². The van der Waals surface area contributed by atoms with E-state index in [0.29, 0.717) is 5.92 Å². The highest BCUT2D eigenvalue weighted by molar-refractivity contribution is 6.10. The van der Waals surface area contributed by atoms with Gasteiger partial charge in [-0.05, 0) is 178 Å². The van der Waals surface area contributed by atoms with Crippen LogP contribution in [0.5, 0.6) is 0 Å². The monoisotopic (exact) mass is 902 g/mol. The Morgan fingerprint density at radius 2 is 1.11 bits per heavy atom. The highest BCUT2D eigenvalue weighted by Crippen LogP contribution is 2.70. The summed E-state index contributed by atoms with van der Waals surface area (Å²) in [7, 11) is 0. The first kappa shape index (κ1) is 40.7. The fourth-order valence-electron chi connectivity index (χ4n) is 16.0. The van der Waals surface area contributed by atoms with Crippen molar-refractivity contribution in [2.24, 2.45) is 29.6 Å². The number of nitrogens with zero attached hydrogens (tertiary/aromatic N) is 2. The van der Waals surface area contributed by atoms with Gasteiger partial charge in [0.05, 0.1) is 11.0 Å². The average molecular weight is 903 g/mol. The lowest BCUT2D eigenvalue weighted by molar-refractivity contribution is -0.0399. The standard InChI is InChI=1S/C68H58N2/c1-42-33-63-59(41-57(42)55-21-14-23-62-66(55)56-20-10-12-22-61(56)68(62)47-35-43-34-44(37-47)38-48(68)36-43)58-39-51(30-32-60(58)67(63,2)3)69(50-27-25-46(26-28-50)45-15-6-4-7-16-45)52-29-31-54-53-19-11-13-24-64(53)70(65(54)40-52)49-17-8-5-9-18-49/h4-33,39-44,47-48,57H,34-38H2,1-3H3. The zero-order valence-corrected chi connectivity index (χ0v) is 40.4. The van der Waals surface area contributed by atoms with Crippen molar-refractivity contribution >= 4 is 44.4 Å². The van der Waals surface area contributed by atoms with Gasteiger partial charge in [0.2, 0.25) is 0 Å². The fraction of sp³-hybridized carbons (Fsp3) is 0.235. The molecule has 16 rings (SSSR count). The molecule has 0 radical (unpaired) electrons. The summed E-state index contributed by atoms with van der Waals surface area (Å²) in [6.45, 7) is 7.39. The SMILES string of the molecule is CC1C=C2C(=CC1c1cccc3c1-c1ccccc1C31C3CC4CC(C3)CC1C4)c1cc(N(c3ccc(-c4ccccc4)cc3)c3ccc4c5ccccc5n(-c5ccccc5)c4c3)ccc1C2(C)C. The average Bonchev–Trinajstić information content (AvgIpc) is 3.96. The first-order valence-corrected chi connectivity index (χ1v) is 26.2. The molecule has 340 valence electrons. The van der Waals surface area contributed by atoms with Gasteiger partial charge < -0.3 is 9.47 Å². The molecule has 1 aromatic heterocycles. The van der Waals surface area contributed by atoms with Crippen molar-refractivity contribution in [3.05, 3.63) is 234 Å². The molecule has 9 aromatic rings. The number of hydrogen-bond acceptors (Lipinski definition) is 1. The summed E-state index contributed by atoms with van der Waals surface area (Å²) in [4.78, 5) is 2.49. The molecule has 70 heavy (non-hydrogen) atoms. The van der Waals surface area contributed by atoms with Gasteiger partial charge in [-0.3, -0.25) is 0 Å². The molecule has 0 aliphatic heterocycles. The molecule has 7 aliphatic rings. The highest BCUT2D eigenvalue weighted by Gasteiger charge is 2.62. The van der Waals surface area contributed by atoms with E-state index in [1.165, 1.54) is 104 Å². The van der Waals surface area contributed by atoms with Crippen LogP contribution in [0.3, 0.4) is 0 Å². The number of rotatable bonds is 6. The number of anilines is 3. The normalized spacial score (nSPS) is 25.1. The molecule has 1 heterocycles. The number of hydrogen-bond donors (Lipinski definition) is 0. The Labute approximate surface area is 412 Å². The van der Waals surface area contributed by atoms with E-state index in [1.54, 1.807) is 16.7 Å². The molecule has 4 bridgehead atoms. The Morgan fingerprint density at radius 1 is 0.486 bits per heavy atom. The van der Waals surface area contributed by atoms with Gasteiger partial charge in [-0.25, -0.2) is 0 Å². The third-order valence-electron chi connectivity index (χ3n) is 18.7. The number of allylic oxidation sites excluding steroid dienone is 4. The van der Waals surface area contributed by atoms with Crippen molar-refractivity contribution in [3.63, 3.8) is 0 Å². The summed E-state index contributed by atoms with van der Waals surface area (Å²) in [5.74, 6) is 4.02. The van der Waals surface area contributed by atoms with E-state index in [-0.39, 0.29) is 16.7 Å². The number of benzene rings is 8. The van der Waals surface area contributed by atoms with E-state index < -0.39 is 0 Å². The van der Waals surface area contributed by atoms with Gasteiger partial charge in [-0.15, -0.1) is 0 Å². The van der Waals surface area contributed by atoms with Gasteiger partial charge in [0.15, 0.2) is 0 Å². The van der Waals surface area contributed by atoms with Gasteiger partial charge in [0.25, 0.3) is 0 Å². The van der Waals surface area contributed by atoms with Crippen molar-refractivity contribution < 1.29 is 0 Å². The van der Waals surface area contributed by atoms with Crippen LogP contribution in [0.2, 0.25) is 0 Å². The number of aromatic nitrogens is 1. The molecule has 2 heteroatoms. The van der Waals surface area contributed by atoms with Crippen molar-refractivity contribution in [1.82, 2.24) is 4.57 Å². The zero-order chi connectivity index (χ0) is 46.5. The van der Waals surface area contributed by atoms with E-state index in [1.807, 2.05) is 0 Å². The van der Waals surface area contributed by atoms with Crippen molar-refractivity contribution in [1.29, 1.82) is 0 Å². The number of fused-ring (bicyclic) bond motifs is 9. The summed E-state index contributed by atoms with van der Waals surface area (Å²) in [5.41, 5.74) is 23.1. The van der Waals surface area contributed by atoms with Crippen LogP contribution < -0.4 is 4.90 Å². The molecular formula is C68H58N2. The molecule has 2 nitrogen and oxygen atoms in total. The number of para-hydroxylation sites is 2. The van der Waals surface area contributed by atoms with E-state index in [4.69, 9.17) is 0 Å². The second-order valence-electron chi connectivity index (χ2n) is 22.5. The molecule has 2 atom stereocenters. The molecule has 0 N–H and O–H groups in total. The van der Waals surface area contributed by atoms with Crippen molar-refractivity contribution in [3.8, 4) is 27.9 Å². The van der Waals surface area contributed by atoms with E-state index in [0.717, 1.165) is 40.7 Å². The summed E-state index contributed by atoms with van der Waals surface area (Å²) < 4.78 is 2.44. The van der Waals surface area contributed by atoms with E-state index in [9.17, 15) is 0 Å². The van der Waals surface area contributed by atoms with Crippen LogP contribution in [-0.2, 0) is 10.8 Å². The van der Waals surface area contributed by atoms with Gasteiger partial charge in [-0.2, -0.15) is 0 Å². The Morgan fingerprint density at radius 3 is 1.90 bits per heavy atom. The molecule has 2 unspecified atom stereocenters. The maximum Gasteiger partial charge on any atom is 0.0561 e. The van der Waals surface area contributed by atoms with Crippen LogP contribution in [0, 0.1) is 29.6 Å². The van der Waals surface area contributed by atoms with Crippen LogP contribution in [0.1, 0.15) is 86.6 Å². The summed E-state index contributed by atoms with van der Waals surface area (Å²) >= 11 is 0. The predicted octanol–water partition coefficient (Wildman–Crippen LogP) is 17.7. The van der Waals surface area contributed by atoms with Crippen molar-refractivity contribution in [2.45, 2.75) is 69.6 Å². The first-order valence-electron chi connectivity index (χ1n) is 26.2. The Bertz CT molecular complexity index is 3630. The van der Waals surface area contributed by atoms with Gasteiger partial charge in [0, 0.05) is 50.3 Å². The molecule has 8 aromatic carbocycles. The molecule has 1 spiro atoms. The lowest BCUT2D eigenvalue weighted by Crippen LogP contribution is -2.55. The molecule has 7 aliphatic carbocycles. The molecule has 0 amide bonds. The second-order valence-corrected chi connectivity index (χ2v) is 22.5. The summed E-state index contributed by atoms with van der Waals surface area (Å²) in [5, 5.41) is 2.52. The quantitative estimate of drug-likeness (QED) is 0.161. The smallest absolute Gasteiger partial charge is 0.0561 e. The van der Waals surface area contributed by atoms with Crippen LogP contribution in [0.4, 0.5) is 17.1 Å². The summed E-state index contributed by atoms with van der Waals surface area (Å²) in [6, 6.07) is 71.2. The summed E-state index contributed by atoms with van der Waals surface area (Å²) in [6.07, 6.45) is 12.5. The van der Waals surface area contributed by atoms with E-state index >= 15 is 0 Å². The van der Waals surface area contributed by atoms with E-state index in [2.05, 4.69) is 230 Å². The van der Waals surface area contributed by atoms with Crippen LogP contribution in [-0.4, -0.2) is 4.57 Å².